The number of carboxylic acids is 1. The highest BCUT2D eigenvalue weighted by Gasteiger charge is 2.56. The lowest BCUT2D eigenvalue weighted by atomic mass is 9.96. The average molecular weight is 576 g/mol. The van der Waals surface area contributed by atoms with Crippen LogP contribution in [0.2, 0.25) is 0 Å². The third kappa shape index (κ3) is 5.22. The number of nitrogens with zero attached hydrogens (tertiary/aromatic N) is 2. The number of nitrogens with one attached hydrogen (secondary N) is 1. The predicted octanol–water partition coefficient (Wildman–Crippen LogP) is 4.49. The van der Waals surface area contributed by atoms with Crippen LogP contribution in [0.25, 0.3) is 11.1 Å². The number of hydrogen-bond acceptors (Lipinski definition) is 5. The second-order valence-corrected chi connectivity index (χ2v) is 11.3. The molecule has 0 saturated carbocycles. The van der Waals surface area contributed by atoms with Crippen molar-refractivity contribution in [3.8, 4) is 11.1 Å². The molecule has 0 spiro atoms. The lowest BCUT2D eigenvalue weighted by molar-refractivity contribution is -0.151. The first kappa shape index (κ1) is 27.8. The molecule has 218 valence electrons. The lowest BCUT2D eigenvalue weighted by Crippen LogP contribution is -2.62. The highest BCUT2D eigenvalue weighted by atomic mass is 19.3. The van der Waals surface area contributed by atoms with Crippen molar-refractivity contribution in [3.05, 3.63) is 95.6 Å². The van der Waals surface area contributed by atoms with Crippen LogP contribution in [0, 0.1) is 0 Å². The summed E-state index contributed by atoms with van der Waals surface area (Å²) in [4.78, 5) is 41.8. The van der Waals surface area contributed by atoms with Gasteiger partial charge in [-0.05, 0) is 34.2 Å². The van der Waals surface area contributed by atoms with E-state index in [9.17, 15) is 28.3 Å². The van der Waals surface area contributed by atoms with E-state index < -0.39 is 48.4 Å². The Balaban J connectivity index is 1.22. The summed E-state index contributed by atoms with van der Waals surface area (Å²) in [5, 5.41) is 12.3. The molecule has 3 aromatic rings. The largest absolute Gasteiger partial charge is 0.480 e. The van der Waals surface area contributed by atoms with E-state index in [1.165, 1.54) is 0 Å². The van der Waals surface area contributed by atoms with E-state index in [2.05, 4.69) is 5.32 Å². The van der Waals surface area contributed by atoms with Crippen LogP contribution in [0.15, 0.2) is 78.9 Å². The van der Waals surface area contributed by atoms with E-state index in [1.54, 1.807) is 0 Å². The van der Waals surface area contributed by atoms with Crippen molar-refractivity contribution in [1.82, 2.24) is 15.1 Å². The molecule has 2 fully saturated rings. The number of alkyl halides is 2. The summed E-state index contributed by atoms with van der Waals surface area (Å²) < 4.78 is 34.4. The summed E-state index contributed by atoms with van der Waals surface area (Å²) in [5.74, 6) is -5.89. The van der Waals surface area contributed by atoms with Gasteiger partial charge in [0.05, 0.1) is 6.54 Å². The number of halogens is 2. The van der Waals surface area contributed by atoms with Crippen molar-refractivity contribution in [2.45, 2.75) is 42.8 Å². The number of fused-ring (bicyclic) bond motifs is 3. The molecular formula is C32H31F2N3O5. The molecule has 2 N–H and O–H groups in total. The number of benzene rings is 3. The van der Waals surface area contributed by atoms with Crippen LogP contribution in [-0.4, -0.2) is 76.6 Å². The summed E-state index contributed by atoms with van der Waals surface area (Å²) in [6.45, 7) is -0.112. The van der Waals surface area contributed by atoms with Crippen LogP contribution in [0.4, 0.5) is 13.6 Å². The number of ether oxygens (including phenoxy) is 1. The maximum atomic E-state index is 14.4. The Morgan fingerprint density at radius 3 is 2.17 bits per heavy atom. The predicted molar refractivity (Wildman–Crippen MR) is 150 cm³/mol. The number of carbonyl (C=O) groups is 3. The molecule has 1 aliphatic carbocycles. The molecular weight excluding hydrogens is 544 g/mol. The van der Waals surface area contributed by atoms with Crippen LogP contribution in [-0.2, 0) is 20.9 Å². The number of carbonyl (C=O) groups excluding carboxylic acids is 2. The zero-order valence-corrected chi connectivity index (χ0v) is 22.8. The van der Waals surface area contributed by atoms with Crippen molar-refractivity contribution in [1.29, 1.82) is 0 Å². The van der Waals surface area contributed by atoms with Crippen molar-refractivity contribution in [2.24, 2.45) is 0 Å². The van der Waals surface area contributed by atoms with Crippen LogP contribution < -0.4 is 5.32 Å². The monoisotopic (exact) mass is 575 g/mol. The van der Waals surface area contributed by atoms with Gasteiger partial charge in [0.25, 0.3) is 11.8 Å². The fourth-order valence-corrected chi connectivity index (χ4v) is 6.55. The molecule has 2 saturated heterocycles. The van der Waals surface area contributed by atoms with E-state index in [1.807, 2.05) is 83.8 Å². The first-order valence-corrected chi connectivity index (χ1v) is 14.0. The number of hydrogen-bond donors (Lipinski definition) is 2. The van der Waals surface area contributed by atoms with E-state index >= 15 is 0 Å². The topological polar surface area (TPSA) is 99.2 Å². The fourth-order valence-electron chi connectivity index (χ4n) is 6.55. The smallest absolute Gasteiger partial charge is 0.408 e. The molecule has 6 rings (SSSR count). The van der Waals surface area contributed by atoms with Gasteiger partial charge in [0.2, 0.25) is 0 Å². The average Bonchev–Trinajstić information content (AvgIpc) is 3.64. The third-order valence-corrected chi connectivity index (χ3v) is 8.51. The van der Waals surface area contributed by atoms with E-state index in [0.29, 0.717) is 18.0 Å². The summed E-state index contributed by atoms with van der Waals surface area (Å²) in [5.41, 5.74) is 3.54. The van der Waals surface area contributed by atoms with Gasteiger partial charge >= 0.3 is 12.1 Å². The van der Waals surface area contributed by atoms with Gasteiger partial charge in [-0.1, -0.05) is 78.9 Å². The van der Waals surface area contributed by atoms with E-state index in [0.717, 1.165) is 27.8 Å². The fraction of sp³-hybridized carbons (Fsp3) is 0.344. The minimum atomic E-state index is -3.34. The number of alkyl carbamates (subject to hydrolysis) is 1. The van der Waals surface area contributed by atoms with Gasteiger partial charge in [-0.25, -0.2) is 18.4 Å². The Morgan fingerprint density at radius 2 is 1.52 bits per heavy atom. The molecule has 2 unspecified atom stereocenters. The summed E-state index contributed by atoms with van der Waals surface area (Å²) in [7, 11) is 0. The molecule has 2 atom stereocenters. The minimum Gasteiger partial charge on any atom is -0.480 e. The number of likely N-dealkylation sites (tertiary alicyclic amines) is 2. The Labute approximate surface area is 241 Å². The molecule has 0 bridgehead atoms. The SMILES string of the molecule is O=C(NC1(C(=O)N2CC(F)(F)CC2C(=O)O)CCN(Cc2ccccc2)C1)OCC1c2ccccc2-c2ccccc21. The molecule has 10 heteroatoms. The van der Waals surface area contributed by atoms with Crippen molar-refractivity contribution in [2.75, 3.05) is 26.2 Å². The summed E-state index contributed by atoms with van der Waals surface area (Å²) in [6.07, 6.45) is -1.70. The first-order chi connectivity index (χ1) is 20.2. The van der Waals surface area contributed by atoms with Crippen molar-refractivity contribution < 1.29 is 33.0 Å². The van der Waals surface area contributed by atoms with E-state index in [4.69, 9.17) is 4.74 Å². The maximum Gasteiger partial charge on any atom is 0.408 e. The highest BCUT2D eigenvalue weighted by Crippen LogP contribution is 2.44. The first-order valence-electron chi connectivity index (χ1n) is 14.0. The third-order valence-electron chi connectivity index (χ3n) is 8.51. The van der Waals surface area contributed by atoms with Gasteiger partial charge in [0.15, 0.2) is 0 Å². The molecule has 2 heterocycles. The summed E-state index contributed by atoms with van der Waals surface area (Å²) >= 11 is 0. The molecule has 42 heavy (non-hydrogen) atoms. The van der Waals surface area contributed by atoms with Gasteiger partial charge in [-0.2, -0.15) is 0 Å². The quantitative estimate of drug-likeness (QED) is 0.431. The maximum absolute atomic E-state index is 14.4. The number of amides is 2. The Hall–Kier alpha value is -4.31. The molecule has 0 radical (unpaired) electrons. The standard InChI is InChI=1S/C32H31F2N3O5/c33-32(34)16-27(28(38)39)37(20-32)29(40)31(14-15-36(19-31)17-21-8-2-1-3-9-21)35-30(41)42-18-26-24-12-6-4-10-22(24)23-11-5-7-13-25(23)26/h1-13,26-27H,14-20H2,(H,35,41)(H,38,39). The van der Waals surface area contributed by atoms with Crippen molar-refractivity contribution in [3.63, 3.8) is 0 Å². The van der Waals surface area contributed by atoms with Gasteiger partial charge < -0.3 is 20.1 Å². The Bertz CT molecular complexity index is 1470. The van der Waals surface area contributed by atoms with E-state index in [-0.39, 0.29) is 25.5 Å². The molecule has 2 aliphatic heterocycles. The molecule has 3 aromatic carbocycles. The Morgan fingerprint density at radius 1 is 0.905 bits per heavy atom. The molecule has 0 aromatic heterocycles. The number of rotatable bonds is 7. The molecule has 8 nitrogen and oxygen atoms in total. The van der Waals surface area contributed by atoms with Gasteiger partial charge in [0, 0.05) is 32.0 Å². The van der Waals surface area contributed by atoms with Gasteiger partial charge in [0.1, 0.15) is 18.2 Å². The van der Waals surface area contributed by atoms with Crippen LogP contribution in [0.1, 0.15) is 35.4 Å². The van der Waals surface area contributed by atoms with Gasteiger partial charge in [-0.15, -0.1) is 0 Å². The second-order valence-electron chi connectivity index (χ2n) is 11.3. The normalized spacial score (nSPS) is 22.9. The Kier molecular flexibility index (Phi) is 7.18. The zero-order chi connectivity index (χ0) is 29.5. The lowest BCUT2D eigenvalue weighted by Gasteiger charge is -2.34. The number of aliphatic carboxylic acids is 1. The van der Waals surface area contributed by atoms with Crippen LogP contribution in [0.3, 0.4) is 0 Å². The van der Waals surface area contributed by atoms with Crippen molar-refractivity contribution >= 4 is 18.0 Å². The minimum absolute atomic E-state index is 0.0113. The summed E-state index contributed by atoms with van der Waals surface area (Å²) in [6, 6.07) is 23.6. The number of carboxylic acid groups (broad SMARTS) is 1. The molecule has 2 amide bonds. The molecule has 3 aliphatic rings. The van der Waals surface area contributed by atoms with Crippen LogP contribution >= 0.6 is 0 Å². The van der Waals surface area contributed by atoms with Gasteiger partial charge in [-0.3, -0.25) is 9.69 Å². The zero-order valence-electron chi connectivity index (χ0n) is 22.8. The van der Waals surface area contributed by atoms with Crippen LogP contribution in [0.5, 0.6) is 0 Å². The second kappa shape index (κ2) is 10.8. The highest BCUT2D eigenvalue weighted by molar-refractivity contribution is 5.94.